The van der Waals surface area contributed by atoms with Gasteiger partial charge in [-0.25, -0.2) is 4.98 Å². The number of pyridine rings is 1. The van der Waals surface area contributed by atoms with Gasteiger partial charge in [-0.2, -0.15) is 4.39 Å². The lowest BCUT2D eigenvalue weighted by molar-refractivity contribution is 0.0945. The molecule has 1 aliphatic carbocycles. The average molecular weight is 208 g/mol. The van der Waals surface area contributed by atoms with E-state index in [0.717, 1.165) is 6.42 Å². The van der Waals surface area contributed by atoms with Crippen molar-refractivity contribution in [3.05, 3.63) is 29.8 Å². The van der Waals surface area contributed by atoms with Crippen LogP contribution in [0.3, 0.4) is 0 Å². The maximum Gasteiger partial charge on any atom is 0.270 e. The molecule has 2 rings (SSSR count). The van der Waals surface area contributed by atoms with E-state index in [1.807, 2.05) is 0 Å². The third-order valence-corrected chi connectivity index (χ3v) is 2.75. The van der Waals surface area contributed by atoms with Crippen LogP contribution in [-0.4, -0.2) is 17.4 Å². The van der Waals surface area contributed by atoms with Crippen molar-refractivity contribution in [1.82, 2.24) is 10.3 Å². The lowest BCUT2D eigenvalue weighted by atomic mass is 10.3. The van der Waals surface area contributed by atoms with Gasteiger partial charge in [-0.3, -0.25) is 4.79 Å². The summed E-state index contributed by atoms with van der Waals surface area (Å²) in [5, 5.41) is 2.75. The second kappa shape index (κ2) is 3.96. The lowest BCUT2D eigenvalue weighted by Gasteiger charge is -2.03. The number of nitrogens with one attached hydrogen (secondary N) is 1. The summed E-state index contributed by atoms with van der Waals surface area (Å²) in [7, 11) is 0. The molecule has 1 fully saturated rings. The first kappa shape index (κ1) is 10.1. The highest BCUT2D eigenvalue weighted by atomic mass is 19.1. The number of carbonyl (C=O) groups excluding carboxylic acids is 1. The van der Waals surface area contributed by atoms with Gasteiger partial charge in [0.05, 0.1) is 0 Å². The molecular formula is C11H13FN2O. The highest BCUT2D eigenvalue weighted by Crippen LogP contribution is 2.36. The van der Waals surface area contributed by atoms with Gasteiger partial charge in [-0.15, -0.1) is 0 Å². The summed E-state index contributed by atoms with van der Waals surface area (Å²) in [6.45, 7) is 2.81. The normalized spacial score (nSPS) is 23.6. The molecular weight excluding hydrogens is 195 g/mol. The molecule has 1 N–H and O–H groups in total. The van der Waals surface area contributed by atoms with Crippen molar-refractivity contribution in [2.45, 2.75) is 13.3 Å². The highest BCUT2D eigenvalue weighted by molar-refractivity contribution is 5.92. The summed E-state index contributed by atoms with van der Waals surface area (Å²) >= 11 is 0. The maximum absolute atomic E-state index is 12.7. The average Bonchev–Trinajstić information content (AvgIpc) is 2.91. The monoisotopic (exact) mass is 208 g/mol. The van der Waals surface area contributed by atoms with Crippen molar-refractivity contribution in [1.29, 1.82) is 0 Å². The molecule has 0 spiro atoms. The van der Waals surface area contributed by atoms with Crippen LogP contribution in [0, 0.1) is 17.8 Å². The molecule has 0 radical (unpaired) electrons. The largest absolute Gasteiger partial charge is 0.350 e. The first-order valence-electron chi connectivity index (χ1n) is 5.07. The number of hydrogen-bond donors (Lipinski definition) is 1. The lowest BCUT2D eigenvalue weighted by Crippen LogP contribution is -2.26. The van der Waals surface area contributed by atoms with Crippen molar-refractivity contribution < 1.29 is 9.18 Å². The zero-order valence-corrected chi connectivity index (χ0v) is 8.53. The van der Waals surface area contributed by atoms with Crippen LogP contribution in [0.1, 0.15) is 23.8 Å². The van der Waals surface area contributed by atoms with E-state index in [9.17, 15) is 9.18 Å². The molecule has 0 saturated heterocycles. The van der Waals surface area contributed by atoms with Gasteiger partial charge in [0.25, 0.3) is 5.91 Å². The van der Waals surface area contributed by atoms with Crippen molar-refractivity contribution in [2.75, 3.05) is 6.54 Å². The molecule has 0 aliphatic heterocycles. The topological polar surface area (TPSA) is 42.0 Å². The van der Waals surface area contributed by atoms with Gasteiger partial charge in [-0.1, -0.05) is 13.0 Å². The zero-order valence-electron chi connectivity index (χ0n) is 8.53. The van der Waals surface area contributed by atoms with Crippen molar-refractivity contribution in [3.8, 4) is 0 Å². The molecule has 2 atom stereocenters. The third kappa shape index (κ3) is 2.52. The molecule has 15 heavy (non-hydrogen) atoms. The number of rotatable bonds is 3. The standard InChI is InChI=1S/C11H13FN2O/c1-7-5-8(7)6-13-11(15)9-3-2-4-10(12)14-9/h2-4,7-8H,5-6H2,1H3,(H,13,15). The second-order valence-electron chi connectivity index (χ2n) is 4.03. The summed E-state index contributed by atoms with van der Waals surface area (Å²) in [4.78, 5) is 15.0. The molecule has 1 heterocycles. The molecule has 0 aromatic carbocycles. The summed E-state index contributed by atoms with van der Waals surface area (Å²) in [6, 6.07) is 4.21. The van der Waals surface area contributed by atoms with Crippen LogP contribution >= 0.6 is 0 Å². The van der Waals surface area contributed by atoms with E-state index in [-0.39, 0.29) is 11.6 Å². The number of amides is 1. The summed E-state index contributed by atoms with van der Waals surface area (Å²) < 4.78 is 12.7. The van der Waals surface area contributed by atoms with Crippen LogP contribution in [0.4, 0.5) is 4.39 Å². The Morgan fingerprint density at radius 3 is 3.00 bits per heavy atom. The Balaban J connectivity index is 1.90. The molecule has 1 aliphatic rings. The van der Waals surface area contributed by atoms with Gasteiger partial charge in [0.15, 0.2) is 0 Å². The molecule has 3 nitrogen and oxygen atoms in total. The van der Waals surface area contributed by atoms with E-state index < -0.39 is 5.95 Å². The van der Waals surface area contributed by atoms with Crippen molar-refractivity contribution in [3.63, 3.8) is 0 Å². The molecule has 1 saturated carbocycles. The molecule has 2 unspecified atom stereocenters. The van der Waals surface area contributed by atoms with E-state index in [1.165, 1.54) is 18.2 Å². The zero-order chi connectivity index (χ0) is 10.8. The molecule has 1 amide bonds. The van der Waals surface area contributed by atoms with Crippen LogP contribution in [0.2, 0.25) is 0 Å². The summed E-state index contributed by atoms with van der Waals surface area (Å²) in [6.07, 6.45) is 1.16. The molecule has 4 heteroatoms. The molecule has 0 bridgehead atoms. The number of halogens is 1. The predicted octanol–water partition coefficient (Wildman–Crippen LogP) is 1.61. The maximum atomic E-state index is 12.7. The molecule has 1 aromatic rings. The summed E-state index contributed by atoms with van der Waals surface area (Å²) in [5.74, 6) is 0.365. The minimum atomic E-state index is -0.623. The van der Waals surface area contributed by atoms with Crippen molar-refractivity contribution >= 4 is 5.91 Å². The van der Waals surface area contributed by atoms with E-state index in [0.29, 0.717) is 18.4 Å². The minimum Gasteiger partial charge on any atom is -0.350 e. The van der Waals surface area contributed by atoms with Gasteiger partial charge in [0.1, 0.15) is 5.69 Å². The Labute approximate surface area is 87.7 Å². The number of hydrogen-bond acceptors (Lipinski definition) is 2. The highest BCUT2D eigenvalue weighted by Gasteiger charge is 2.32. The van der Waals surface area contributed by atoms with E-state index in [2.05, 4.69) is 17.2 Å². The van der Waals surface area contributed by atoms with E-state index >= 15 is 0 Å². The number of carbonyl (C=O) groups is 1. The Morgan fingerprint density at radius 1 is 1.67 bits per heavy atom. The fourth-order valence-electron chi connectivity index (χ4n) is 1.53. The SMILES string of the molecule is CC1CC1CNC(=O)c1cccc(F)n1. The van der Waals surface area contributed by atoms with Gasteiger partial charge >= 0.3 is 0 Å². The third-order valence-electron chi connectivity index (χ3n) is 2.75. The summed E-state index contributed by atoms with van der Waals surface area (Å²) in [5.41, 5.74) is 0.142. The van der Waals surface area contributed by atoms with Crippen LogP contribution in [-0.2, 0) is 0 Å². The van der Waals surface area contributed by atoms with Crippen LogP contribution in [0.15, 0.2) is 18.2 Å². The molecule has 80 valence electrons. The first-order chi connectivity index (χ1) is 7.16. The Morgan fingerprint density at radius 2 is 2.40 bits per heavy atom. The Hall–Kier alpha value is -1.45. The first-order valence-corrected chi connectivity index (χ1v) is 5.07. The molecule has 1 aromatic heterocycles. The van der Waals surface area contributed by atoms with Gasteiger partial charge in [0.2, 0.25) is 5.95 Å². The van der Waals surface area contributed by atoms with Crippen LogP contribution < -0.4 is 5.32 Å². The van der Waals surface area contributed by atoms with Gasteiger partial charge in [-0.05, 0) is 30.4 Å². The van der Waals surface area contributed by atoms with E-state index in [4.69, 9.17) is 0 Å². The van der Waals surface area contributed by atoms with E-state index in [1.54, 1.807) is 0 Å². The predicted molar refractivity (Wildman–Crippen MR) is 53.8 cm³/mol. The fourth-order valence-corrected chi connectivity index (χ4v) is 1.53. The second-order valence-corrected chi connectivity index (χ2v) is 4.03. The van der Waals surface area contributed by atoms with Crippen LogP contribution in [0.25, 0.3) is 0 Å². The smallest absolute Gasteiger partial charge is 0.270 e. The van der Waals surface area contributed by atoms with Crippen LogP contribution in [0.5, 0.6) is 0 Å². The number of nitrogens with zero attached hydrogens (tertiary/aromatic N) is 1. The Kier molecular flexibility index (Phi) is 2.66. The van der Waals surface area contributed by atoms with Crippen molar-refractivity contribution in [2.24, 2.45) is 11.8 Å². The fraction of sp³-hybridized carbons (Fsp3) is 0.455. The minimum absolute atomic E-state index is 0.142. The van der Waals surface area contributed by atoms with Gasteiger partial charge in [0, 0.05) is 6.54 Å². The Bertz CT molecular complexity index is 381. The van der Waals surface area contributed by atoms with Gasteiger partial charge < -0.3 is 5.32 Å². The quantitative estimate of drug-likeness (QED) is 0.767. The number of aromatic nitrogens is 1.